The topological polar surface area (TPSA) is 42.0 Å². The van der Waals surface area contributed by atoms with E-state index in [9.17, 15) is 4.79 Å². The van der Waals surface area contributed by atoms with Crippen LogP contribution in [0.25, 0.3) is 10.9 Å². The van der Waals surface area contributed by atoms with Crippen LogP contribution in [0.4, 0.5) is 5.69 Å². The van der Waals surface area contributed by atoms with Crippen LogP contribution in [0.3, 0.4) is 0 Å². The molecule has 0 fully saturated rings. The highest BCUT2D eigenvalue weighted by atomic mass is 16.1. The lowest BCUT2D eigenvalue weighted by molar-refractivity contribution is 0.102. The molecule has 98 valence electrons. The third-order valence-corrected chi connectivity index (χ3v) is 3.18. The van der Waals surface area contributed by atoms with Gasteiger partial charge in [0.05, 0.1) is 5.52 Å². The molecule has 3 rings (SSSR count). The minimum atomic E-state index is -0.124. The number of carbonyl (C=O) groups is 1. The smallest absolute Gasteiger partial charge is 0.255 e. The summed E-state index contributed by atoms with van der Waals surface area (Å²) in [6, 6.07) is 17.1. The number of anilines is 1. The van der Waals surface area contributed by atoms with Crippen LogP contribution in [0.1, 0.15) is 15.9 Å². The summed E-state index contributed by atoms with van der Waals surface area (Å²) in [4.78, 5) is 16.5. The van der Waals surface area contributed by atoms with Crippen LogP contribution < -0.4 is 5.32 Å². The van der Waals surface area contributed by atoms with Gasteiger partial charge in [0.2, 0.25) is 0 Å². The van der Waals surface area contributed by atoms with Crippen LogP contribution in [0.15, 0.2) is 60.8 Å². The summed E-state index contributed by atoms with van der Waals surface area (Å²) in [6.45, 7) is 2.01. The molecule has 1 amide bonds. The fraction of sp³-hybridized carbons (Fsp3) is 0.0588. The van der Waals surface area contributed by atoms with Gasteiger partial charge in [-0.2, -0.15) is 0 Å². The van der Waals surface area contributed by atoms with E-state index < -0.39 is 0 Å². The fourth-order valence-corrected chi connectivity index (χ4v) is 2.05. The third-order valence-electron chi connectivity index (χ3n) is 3.18. The zero-order valence-electron chi connectivity index (χ0n) is 11.1. The lowest BCUT2D eigenvalue weighted by Gasteiger charge is -2.06. The van der Waals surface area contributed by atoms with Crippen LogP contribution in [0.5, 0.6) is 0 Å². The number of pyridine rings is 1. The van der Waals surface area contributed by atoms with Gasteiger partial charge in [-0.25, -0.2) is 0 Å². The molecule has 0 unspecified atom stereocenters. The highest BCUT2D eigenvalue weighted by Crippen LogP contribution is 2.15. The molecule has 3 heteroatoms. The quantitative estimate of drug-likeness (QED) is 0.763. The van der Waals surface area contributed by atoms with Crippen molar-refractivity contribution in [3.63, 3.8) is 0 Å². The molecule has 0 bridgehead atoms. The zero-order valence-corrected chi connectivity index (χ0v) is 11.1. The molecule has 0 aliphatic heterocycles. The summed E-state index contributed by atoms with van der Waals surface area (Å²) in [7, 11) is 0. The standard InChI is InChI=1S/C17H14N2O/c1-12-4-8-15(9-5-12)19-17(20)14-7-6-13-3-2-10-18-16(13)11-14/h2-11H,1H3,(H,19,20). The molecule has 0 radical (unpaired) electrons. The highest BCUT2D eigenvalue weighted by Gasteiger charge is 2.07. The predicted molar refractivity (Wildman–Crippen MR) is 80.9 cm³/mol. The molecular weight excluding hydrogens is 248 g/mol. The van der Waals surface area contributed by atoms with Crippen molar-refractivity contribution >= 4 is 22.5 Å². The number of benzene rings is 2. The average Bonchev–Trinajstić information content (AvgIpc) is 2.49. The summed E-state index contributed by atoms with van der Waals surface area (Å²) in [5.74, 6) is -0.124. The van der Waals surface area contributed by atoms with Crippen molar-refractivity contribution in [1.82, 2.24) is 4.98 Å². The molecule has 0 spiro atoms. The van der Waals surface area contributed by atoms with Gasteiger partial charge in [-0.1, -0.05) is 29.8 Å². The minimum absolute atomic E-state index is 0.124. The number of fused-ring (bicyclic) bond motifs is 1. The van der Waals surface area contributed by atoms with E-state index in [0.29, 0.717) is 5.56 Å². The Balaban J connectivity index is 1.86. The lowest BCUT2D eigenvalue weighted by atomic mass is 10.1. The van der Waals surface area contributed by atoms with Gasteiger partial charge in [0.25, 0.3) is 5.91 Å². The van der Waals surface area contributed by atoms with Crippen LogP contribution in [-0.4, -0.2) is 10.9 Å². The van der Waals surface area contributed by atoms with Gasteiger partial charge in [0.15, 0.2) is 0 Å². The Morgan fingerprint density at radius 3 is 2.65 bits per heavy atom. The van der Waals surface area contributed by atoms with Crippen molar-refractivity contribution in [3.8, 4) is 0 Å². The maximum Gasteiger partial charge on any atom is 0.255 e. The number of rotatable bonds is 2. The molecule has 20 heavy (non-hydrogen) atoms. The second-order valence-electron chi connectivity index (χ2n) is 4.73. The van der Waals surface area contributed by atoms with Crippen molar-refractivity contribution in [2.75, 3.05) is 5.32 Å². The second kappa shape index (κ2) is 5.13. The number of nitrogens with one attached hydrogen (secondary N) is 1. The van der Waals surface area contributed by atoms with E-state index in [1.807, 2.05) is 55.5 Å². The van der Waals surface area contributed by atoms with Crippen LogP contribution in [0.2, 0.25) is 0 Å². The first-order valence-corrected chi connectivity index (χ1v) is 6.45. The van der Waals surface area contributed by atoms with E-state index in [0.717, 1.165) is 22.2 Å². The van der Waals surface area contributed by atoms with Crippen molar-refractivity contribution in [2.45, 2.75) is 6.92 Å². The van der Waals surface area contributed by atoms with E-state index in [2.05, 4.69) is 10.3 Å². The average molecular weight is 262 g/mol. The van der Waals surface area contributed by atoms with Crippen molar-refractivity contribution in [2.24, 2.45) is 0 Å². The van der Waals surface area contributed by atoms with Gasteiger partial charge in [-0.05, 0) is 37.3 Å². The second-order valence-corrected chi connectivity index (χ2v) is 4.73. The van der Waals surface area contributed by atoms with Gasteiger partial charge in [-0.15, -0.1) is 0 Å². The van der Waals surface area contributed by atoms with Gasteiger partial charge < -0.3 is 5.32 Å². The summed E-state index contributed by atoms with van der Waals surface area (Å²) >= 11 is 0. The number of hydrogen-bond donors (Lipinski definition) is 1. The maximum atomic E-state index is 12.2. The van der Waals surface area contributed by atoms with Crippen molar-refractivity contribution in [3.05, 3.63) is 71.9 Å². The van der Waals surface area contributed by atoms with E-state index in [1.54, 1.807) is 12.3 Å². The Hall–Kier alpha value is -2.68. The van der Waals surface area contributed by atoms with Gasteiger partial charge >= 0.3 is 0 Å². The molecule has 0 atom stereocenters. The van der Waals surface area contributed by atoms with E-state index in [4.69, 9.17) is 0 Å². The summed E-state index contributed by atoms with van der Waals surface area (Å²) in [6.07, 6.45) is 1.73. The first-order valence-electron chi connectivity index (χ1n) is 6.45. The normalized spacial score (nSPS) is 10.4. The fourth-order valence-electron chi connectivity index (χ4n) is 2.05. The molecule has 1 N–H and O–H groups in total. The Morgan fingerprint density at radius 2 is 1.85 bits per heavy atom. The SMILES string of the molecule is Cc1ccc(NC(=O)c2ccc3cccnc3c2)cc1. The molecular formula is C17H14N2O. The highest BCUT2D eigenvalue weighted by molar-refractivity contribution is 6.06. The van der Waals surface area contributed by atoms with Gasteiger partial charge in [0, 0.05) is 22.8 Å². The third kappa shape index (κ3) is 2.52. The summed E-state index contributed by atoms with van der Waals surface area (Å²) in [5, 5.41) is 3.91. The molecule has 3 aromatic rings. The van der Waals surface area contributed by atoms with Crippen molar-refractivity contribution in [1.29, 1.82) is 0 Å². The number of amides is 1. The number of aryl methyl sites for hydroxylation is 1. The number of aromatic nitrogens is 1. The Labute approximate surface area is 117 Å². The number of hydrogen-bond acceptors (Lipinski definition) is 2. The Morgan fingerprint density at radius 1 is 1.05 bits per heavy atom. The minimum Gasteiger partial charge on any atom is -0.322 e. The van der Waals surface area contributed by atoms with Crippen LogP contribution in [0, 0.1) is 6.92 Å². The number of carbonyl (C=O) groups excluding carboxylic acids is 1. The largest absolute Gasteiger partial charge is 0.322 e. The molecule has 0 aliphatic carbocycles. The van der Waals surface area contributed by atoms with Crippen molar-refractivity contribution < 1.29 is 4.79 Å². The first-order chi connectivity index (χ1) is 9.72. The molecule has 0 saturated heterocycles. The van der Waals surface area contributed by atoms with Crippen LogP contribution in [-0.2, 0) is 0 Å². The zero-order chi connectivity index (χ0) is 13.9. The molecule has 1 heterocycles. The van der Waals surface area contributed by atoms with Gasteiger partial charge in [-0.3, -0.25) is 9.78 Å². The molecule has 1 aromatic heterocycles. The predicted octanol–water partition coefficient (Wildman–Crippen LogP) is 3.80. The first kappa shape index (κ1) is 12.4. The summed E-state index contributed by atoms with van der Waals surface area (Å²) in [5.41, 5.74) is 3.39. The maximum absolute atomic E-state index is 12.2. The Bertz CT molecular complexity index is 763. The lowest BCUT2D eigenvalue weighted by Crippen LogP contribution is -2.11. The molecule has 2 aromatic carbocycles. The van der Waals surface area contributed by atoms with E-state index >= 15 is 0 Å². The van der Waals surface area contributed by atoms with Gasteiger partial charge in [0.1, 0.15) is 0 Å². The van der Waals surface area contributed by atoms with E-state index in [-0.39, 0.29) is 5.91 Å². The molecule has 3 nitrogen and oxygen atoms in total. The Kier molecular flexibility index (Phi) is 3.17. The summed E-state index contributed by atoms with van der Waals surface area (Å²) < 4.78 is 0. The van der Waals surface area contributed by atoms with Crippen LogP contribution >= 0.6 is 0 Å². The monoisotopic (exact) mass is 262 g/mol. The molecule has 0 saturated carbocycles. The van der Waals surface area contributed by atoms with E-state index in [1.165, 1.54) is 0 Å². The number of nitrogens with zero attached hydrogens (tertiary/aromatic N) is 1. The molecule has 0 aliphatic rings.